The molecule has 0 bridgehead atoms. The van der Waals surface area contributed by atoms with Gasteiger partial charge in [0.2, 0.25) is 0 Å². The maximum absolute atomic E-state index is 4.44. The number of nitrogens with one attached hydrogen (secondary N) is 1. The van der Waals surface area contributed by atoms with Crippen LogP contribution < -0.4 is 5.32 Å². The van der Waals surface area contributed by atoms with E-state index in [4.69, 9.17) is 0 Å². The standard InChI is InChI=1S/C17H24N2S/c1-4-13(2)17(14-8-6-5-7-9-14)15(18-3)12-16-19-10-11-20-16/h5-11,13,15,17-18H,4,12H2,1-3H3. The minimum absolute atomic E-state index is 0.429. The lowest BCUT2D eigenvalue weighted by atomic mass is 9.79. The van der Waals surface area contributed by atoms with Crippen LogP contribution in [0.4, 0.5) is 0 Å². The lowest BCUT2D eigenvalue weighted by Crippen LogP contribution is -2.37. The van der Waals surface area contributed by atoms with Gasteiger partial charge in [0.25, 0.3) is 0 Å². The molecule has 1 N–H and O–H groups in total. The fraction of sp³-hybridized carbons (Fsp3) is 0.471. The Bertz CT molecular complexity index is 481. The van der Waals surface area contributed by atoms with Gasteiger partial charge >= 0.3 is 0 Å². The Morgan fingerprint density at radius 3 is 2.55 bits per heavy atom. The van der Waals surface area contributed by atoms with Crippen LogP contribution >= 0.6 is 11.3 Å². The van der Waals surface area contributed by atoms with Gasteiger partial charge < -0.3 is 5.32 Å². The molecule has 3 atom stereocenters. The molecule has 108 valence electrons. The lowest BCUT2D eigenvalue weighted by molar-refractivity contribution is 0.346. The van der Waals surface area contributed by atoms with E-state index in [1.807, 2.05) is 6.20 Å². The van der Waals surface area contributed by atoms with Crippen molar-refractivity contribution in [1.29, 1.82) is 0 Å². The van der Waals surface area contributed by atoms with Crippen LogP contribution in [0, 0.1) is 5.92 Å². The maximum Gasteiger partial charge on any atom is 0.0940 e. The Morgan fingerprint density at radius 2 is 2.00 bits per heavy atom. The van der Waals surface area contributed by atoms with Crippen molar-refractivity contribution in [3.8, 4) is 0 Å². The van der Waals surface area contributed by atoms with E-state index in [1.165, 1.54) is 17.0 Å². The highest BCUT2D eigenvalue weighted by molar-refractivity contribution is 7.09. The summed E-state index contributed by atoms with van der Waals surface area (Å²) < 4.78 is 0. The van der Waals surface area contributed by atoms with Crippen molar-refractivity contribution in [2.45, 2.75) is 38.6 Å². The van der Waals surface area contributed by atoms with Crippen LogP contribution in [0.5, 0.6) is 0 Å². The van der Waals surface area contributed by atoms with Gasteiger partial charge in [-0.15, -0.1) is 11.3 Å². The monoisotopic (exact) mass is 288 g/mol. The van der Waals surface area contributed by atoms with Crippen molar-refractivity contribution in [2.24, 2.45) is 5.92 Å². The maximum atomic E-state index is 4.44. The van der Waals surface area contributed by atoms with Crippen LogP contribution in [0.15, 0.2) is 41.9 Å². The number of rotatable bonds is 7. The average molecular weight is 288 g/mol. The Balaban J connectivity index is 2.24. The van der Waals surface area contributed by atoms with E-state index in [0.29, 0.717) is 17.9 Å². The molecule has 3 heteroatoms. The van der Waals surface area contributed by atoms with Crippen LogP contribution in [-0.2, 0) is 6.42 Å². The molecule has 2 nitrogen and oxygen atoms in total. The van der Waals surface area contributed by atoms with E-state index in [2.05, 4.69) is 66.9 Å². The molecule has 0 saturated heterocycles. The molecule has 20 heavy (non-hydrogen) atoms. The predicted octanol–water partition coefficient (Wildman–Crippen LogP) is 4.10. The Morgan fingerprint density at radius 1 is 1.25 bits per heavy atom. The van der Waals surface area contributed by atoms with Gasteiger partial charge in [-0.2, -0.15) is 0 Å². The second-order valence-electron chi connectivity index (χ2n) is 5.35. The first kappa shape index (κ1) is 15.2. The molecule has 1 aromatic carbocycles. The fourth-order valence-corrected chi connectivity index (χ4v) is 3.51. The van der Waals surface area contributed by atoms with Crippen LogP contribution in [0.3, 0.4) is 0 Å². The number of hydrogen-bond acceptors (Lipinski definition) is 3. The zero-order chi connectivity index (χ0) is 14.4. The summed E-state index contributed by atoms with van der Waals surface area (Å²) in [6.45, 7) is 4.63. The quantitative estimate of drug-likeness (QED) is 0.829. The number of aromatic nitrogens is 1. The number of nitrogens with zero attached hydrogens (tertiary/aromatic N) is 1. The molecule has 0 aliphatic heterocycles. The van der Waals surface area contributed by atoms with Crippen molar-refractivity contribution < 1.29 is 0 Å². The summed E-state index contributed by atoms with van der Waals surface area (Å²) in [7, 11) is 2.07. The summed E-state index contributed by atoms with van der Waals surface area (Å²) in [4.78, 5) is 4.44. The number of likely N-dealkylation sites (N-methyl/N-ethyl adjacent to an activating group) is 1. The molecule has 0 radical (unpaired) electrons. The van der Waals surface area contributed by atoms with E-state index in [1.54, 1.807) is 11.3 Å². The zero-order valence-corrected chi connectivity index (χ0v) is 13.4. The summed E-state index contributed by atoms with van der Waals surface area (Å²) in [5.74, 6) is 1.17. The third kappa shape index (κ3) is 3.68. The summed E-state index contributed by atoms with van der Waals surface area (Å²) in [6, 6.07) is 11.3. The topological polar surface area (TPSA) is 24.9 Å². The second-order valence-corrected chi connectivity index (χ2v) is 6.33. The highest BCUT2D eigenvalue weighted by atomic mass is 32.1. The van der Waals surface area contributed by atoms with Crippen molar-refractivity contribution in [2.75, 3.05) is 7.05 Å². The Kier molecular flexibility index (Phi) is 5.74. The minimum atomic E-state index is 0.429. The molecule has 1 heterocycles. The van der Waals surface area contributed by atoms with Gasteiger partial charge in [-0.05, 0) is 18.5 Å². The van der Waals surface area contributed by atoms with E-state index in [9.17, 15) is 0 Å². The molecule has 0 aliphatic carbocycles. The normalized spacial score (nSPS) is 15.8. The highest BCUT2D eigenvalue weighted by Crippen LogP contribution is 2.31. The zero-order valence-electron chi connectivity index (χ0n) is 12.5. The van der Waals surface area contributed by atoms with E-state index in [-0.39, 0.29) is 0 Å². The molecular weight excluding hydrogens is 264 g/mol. The second kappa shape index (κ2) is 7.55. The smallest absolute Gasteiger partial charge is 0.0940 e. The van der Waals surface area contributed by atoms with Crippen LogP contribution in [0.2, 0.25) is 0 Å². The van der Waals surface area contributed by atoms with Gasteiger partial charge in [0.05, 0.1) is 5.01 Å². The fourth-order valence-electron chi connectivity index (χ4n) is 2.84. The van der Waals surface area contributed by atoms with Gasteiger partial charge in [-0.3, -0.25) is 0 Å². The Labute approximate surface area is 126 Å². The van der Waals surface area contributed by atoms with Crippen LogP contribution in [0.1, 0.15) is 36.8 Å². The first-order chi connectivity index (χ1) is 9.76. The third-order valence-electron chi connectivity index (χ3n) is 4.12. The van der Waals surface area contributed by atoms with Crippen molar-refractivity contribution in [3.05, 3.63) is 52.5 Å². The molecule has 2 rings (SSSR count). The van der Waals surface area contributed by atoms with Gasteiger partial charge in [-0.25, -0.2) is 4.98 Å². The molecule has 0 fully saturated rings. The van der Waals surface area contributed by atoms with Crippen molar-refractivity contribution in [3.63, 3.8) is 0 Å². The summed E-state index contributed by atoms with van der Waals surface area (Å²) in [5, 5.41) is 6.80. The SMILES string of the molecule is CCC(C)C(c1ccccc1)C(Cc1nccs1)NC. The molecule has 3 unspecified atom stereocenters. The number of thiazole rings is 1. The van der Waals surface area contributed by atoms with Crippen LogP contribution in [-0.4, -0.2) is 18.1 Å². The van der Waals surface area contributed by atoms with Gasteiger partial charge in [0.15, 0.2) is 0 Å². The molecule has 0 spiro atoms. The predicted molar refractivity (Wildman–Crippen MR) is 87.3 cm³/mol. The largest absolute Gasteiger partial charge is 0.316 e. The van der Waals surface area contributed by atoms with E-state index in [0.717, 1.165) is 6.42 Å². The minimum Gasteiger partial charge on any atom is -0.316 e. The molecule has 2 aromatic rings. The molecular formula is C17H24N2S. The molecule has 0 saturated carbocycles. The summed E-state index contributed by atoms with van der Waals surface area (Å²) in [6.07, 6.45) is 4.08. The number of benzene rings is 1. The van der Waals surface area contributed by atoms with E-state index >= 15 is 0 Å². The van der Waals surface area contributed by atoms with Gasteiger partial charge in [-0.1, -0.05) is 50.6 Å². The third-order valence-corrected chi connectivity index (χ3v) is 4.93. The van der Waals surface area contributed by atoms with Gasteiger partial charge in [0, 0.05) is 30.0 Å². The van der Waals surface area contributed by atoms with E-state index < -0.39 is 0 Å². The molecule has 1 aromatic heterocycles. The van der Waals surface area contributed by atoms with Crippen molar-refractivity contribution in [1.82, 2.24) is 10.3 Å². The highest BCUT2D eigenvalue weighted by Gasteiger charge is 2.27. The Hall–Kier alpha value is -1.19. The van der Waals surface area contributed by atoms with Gasteiger partial charge in [0.1, 0.15) is 0 Å². The van der Waals surface area contributed by atoms with Crippen molar-refractivity contribution >= 4 is 11.3 Å². The summed E-state index contributed by atoms with van der Waals surface area (Å²) >= 11 is 1.75. The summed E-state index contributed by atoms with van der Waals surface area (Å²) in [5.41, 5.74) is 1.43. The molecule has 0 aliphatic rings. The first-order valence-electron chi connectivity index (χ1n) is 7.36. The number of hydrogen-bond donors (Lipinski definition) is 1. The average Bonchev–Trinajstić information content (AvgIpc) is 3.00. The molecule has 0 amide bonds. The van der Waals surface area contributed by atoms with Crippen LogP contribution in [0.25, 0.3) is 0 Å². The first-order valence-corrected chi connectivity index (χ1v) is 8.24. The lowest BCUT2D eigenvalue weighted by Gasteiger charge is -2.31.